The molecule has 0 radical (unpaired) electrons. The first-order valence-corrected chi connectivity index (χ1v) is 6.08. The van der Waals surface area contributed by atoms with Gasteiger partial charge < -0.3 is 14.7 Å². The number of likely N-dealkylation sites (tertiary alicyclic amines) is 1. The minimum absolute atomic E-state index is 0.00970. The monoisotopic (exact) mass is 249 g/mol. The lowest BCUT2D eigenvalue weighted by Gasteiger charge is -2.14. The molecule has 1 aliphatic heterocycles. The van der Waals surface area contributed by atoms with Crippen LogP contribution in [0.15, 0.2) is 16.8 Å². The minimum Gasteiger partial charge on any atom is -0.359 e. The van der Waals surface area contributed by atoms with Gasteiger partial charge >= 0.3 is 0 Å². The summed E-state index contributed by atoms with van der Waals surface area (Å²) in [5.74, 6) is 0.287. The number of carbonyl (C=O) groups excluding carboxylic acids is 2. The fourth-order valence-electron chi connectivity index (χ4n) is 2.89. The van der Waals surface area contributed by atoms with Crippen LogP contribution in [-0.4, -0.2) is 42.0 Å². The Bertz CT molecular complexity index is 485. The molecule has 1 aromatic heterocycles. The van der Waals surface area contributed by atoms with Crippen molar-refractivity contribution in [2.45, 2.75) is 12.8 Å². The zero-order valence-corrected chi connectivity index (χ0v) is 10.2. The van der Waals surface area contributed by atoms with E-state index in [4.69, 9.17) is 4.52 Å². The van der Waals surface area contributed by atoms with E-state index in [-0.39, 0.29) is 28.9 Å². The number of hydrogen-bond donors (Lipinski definition) is 1. The van der Waals surface area contributed by atoms with Crippen LogP contribution < -0.4 is 5.32 Å². The largest absolute Gasteiger partial charge is 0.359 e. The first-order valence-electron chi connectivity index (χ1n) is 6.08. The van der Waals surface area contributed by atoms with Gasteiger partial charge in [0.05, 0.1) is 6.20 Å². The van der Waals surface area contributed by atoms with Crippen LogP contribution >= 0.6 is 0 Å². The number of aromatic nitrogens is 1. The lowest BCUT2D eigenvalue weighted by molar-refractivity contribution is -0.122. The van der Waals surface area contributed by atoms with Crippen molar-refractivity contribution in [3.05, 3.63) is 18.0 Å². The van der Waals surface area contributed by atoms with Gasteiger partial charge in [-0.05, 0) is 12.8 Å². The van der Waals surface area contributed by atoms with Crippen molar-refractivity contribution >= 4 is 11.8 Å². The smallest absolute Gasteiger partial charge is 0.292 e. The molecule has 6 heteroatoms. The van der Waals surface area contributed by atoms with E-state index < -0.39 is 0 Å². The van der Waals surface area contributed by atoms with Crippen molar-refractivity contribution in [1.82, 2.24) is 15.4 Å². The van der Waals surface area contributed by atoms with Crippen LogP contribution in [0.1, 0.15) is 23.4 Å². The highest BCUT2D eigenvalue weighted by molar-refractivity contribution is 5.92. The summed E-state index contributed by atoms with van der Waals surface area (Å²) in [5.41, 5.74) is 0.00970. The summed E-state index contributed by atoms with van der Waals surface area (Å²) in [6.07, 6.45) is 3.24. The van der Waals surface area contributed by atoms with E-state index in [0.29, 0.717) is 13.1 Å². The summed E-state index contributed by atoms with van der Waals surface area (Å²) in [6, 6.07) is 1.57. The van der Waals surface area contributed by atoms with Crippen LogP contribution in [0.3, 0.4) is 0 Å². The zero-order chi connectivity index (χ0) is 12.8. The fraction of sp³-hybridized carbons (Fsp3) is 0.583. The van der Waals surface area contributed by atoms with Gasteiger partial charge in [0.2, 0.25) is 11.7 Å². The van der Waals surface area contributed by atoms with E-state index in [2.05, 4.69) is 10.5 Å². The molecule has 2 heterocycles. The predicted octanol–water partition coefficient (Wildman–Crippen LogP) is 0.273. The SMILES string of the molecule is CNC(=O)[C@@H]1C[C@@]12CCN(C(=O)c1ccno1)C2. The maximum absolute atomic E-state index is 12.1. The van der Waals surface area contributed by atoms with E-state index >= 15 is 0 Å². The molecule has 2 amide bonds. The van der Waals surface area contributed by atoms with E-state index in [1.54, 1.807) is 18.0 Å². The summed E-state index contributed by atoms with van der Waals surface area (Å²) in [7, 11) is 1.65. The van der Waals surface area contributed by atoms with Crippen molar-refractivity contribution in [3.8, 4) is 0 Å². The van der Waals surface area contributed by atoms with E-state index in [9.17, 15) is 9.59 Å². The Morgan fingerprint density at radius 1 is 1.61 bits per heavy atom. The van der Waals surface area contributed by atoms with Crippen LogP contribution in [0.5, 0.6) is 0 Å². The Morgan fingerprint density at radius 2 is 2.44 bits per heavy atom. The number of nitrogens with one attached hydrogen (secondary N) is 1. The standard InChI is InChI=1S/C12H15N3O3/c1-13-10(16)8-6-12(8)3-5-15(7-12)11(17)9-2-4-14-18-9/h2,4,8H,3,5-7H2,1H3,(H,13,16)/t8-,12+/m0/s1. The normalized spacial score (nSPS) is 29.6. The Labute approximate surface area is 104 Å². The predicted molar refractivity (Wildman–Crippen MR) is 61.6 cm³/mol. The second kappa shape index (κ2) is 3.83. The quantitative estimate of drug-likeness (QED) is 0.816. The van der Waals surface area contributed by atoms with Crippen molar-refractivity contribution in [2.75, 3.05) is 20.1 Å². The van der Waals surface area contributed by atoms with Crippen LogP contribution in [0.2, 0.25) is 0 Å². The van der Waals surface area contributed by atoms with Gasteiger partial charge in [0.1, 0.15) is 0 Å². The Hall–Kier alpha value is -1.85. The molecule has 1 saturated heterocycles. The maximum Gasteiger partial charge on any atom is 0.292 e. The highest BCUT2D eigenvalue weighted by atomic mass is 16.5. The molecule has 1 spiro atoms. The molecule has 3 rings (SSSR count). The lowest BCUT2D eigenvalue weighted by atomic mass is 10.0. The number of amides is 2. The summed E-state index contributed by atoms with van der Waals surface area (Å²) in [4.78, 5) is 25.4. The van der Waals surface area contributed by atoms with Crippen molar-refractivity contribution in [3.63, 3.8) is 0 Å². The Kier molecular flexibility index (Phi) is 2.39. The summed E-state index contributed by atoms with van der Waals surface area (Å²) in [5, 5.41) is 6.22. The van der Waals surface area contributed by atoms with Gasteiger partial charge in [-0.2, -0.15) is 0 Å². The van der Waals surface area contributed by atoms with Gasteiger partial charge in [0.25, 0.3) is 5.91 Å². The first-order chi connectivity index (χ1) is 8.66. The molecule has 0 aromatic carbocycles. The van der Waals surface area contributed by atoms with Crippen molar-refractivity contribution in [2.24, 2.45) is 11.3 Å². The van der Waals surface area contributed by atoms with Crippen LogP contribution in [-0.2, 0) is 4.79 Å². The molecule has 0 unspecified atom stereocenters. The average Bonchev–Trinajstić information content (AvgIpc) is 2.77. The zero-order valence-electron chi connectivity index (χ0n) is 10.2. The number of nitrogens with zero attached hydrogens (tertiary/aromatic N) is 2. The summed E-state index contributed by atoms with van der Waals surface area (Å²) in [6.45, 7) is 1.33. The number of hydrogen-bond acceptors (Lipinski definition) is 4. The summed E-state index contributed by atoms with van der Waals surface area (Å²) >= 11 is 0. The molecule has 1 saturated carbocycles. The van der Waals surface area contributed by atoms with Gasteiger partial charge in [0, 0.05) is 37.5 Å². The van der Waals surface area contributed by atoms with Crippen LogP contribution in [0.25, 0.3) is 0 Å². The van der Waals surface area contributed by atoms with Crippen molar-refractivity contribution in [1.29, 1.82) is 0 Å². The van der Waals surface area contributed by atoms with Crippen LogP contribution in [0, 0.1) is 11.3 Å². The molecule has 1 aliphatic carbocycles. The molecule has 18 heavy (non-hydrogen) atoms. The molecular weight excluding hydrogens is 234 g/mol. The van der Waals surface area contributed by atoms with Crippen LogP contribution in [0.4, 0.5) is 0 Å². The molecule has 2 atom stereocenters. The third-order valence-corrected chi connectivity index (χ3v) is 4.07. The molecular formula is C12H15N3O3. The first kappa shape index (κ1) is 11.3. The van der Waals surface area contributed by atoms with Crippen molar-refractivity contribution < 1.29 is 14.1 Å². The van der Waals surface area contributed by atoms with E-state index in [1.165, 1.54) is 6.20 Å². The average molecular weight is 249 g/mol. The lowest BCUT2D eigenvalue weighted by Crippen LogP contribution is -2.30. The van der Waals surface area contributed by atoms with Gasteiger partial charge in [-0.1, -0.05) is 5.16 Å². The van der Waals surface area contributed by atoms with Gasteiger partial charge in [0.15, 0.2) is 0 Å². The number of carbonyl (C=O) groups is 2. The van der Waals surface area contributed by atoms with Gasteiger partial charge in [-0.25, -0.2) is 0 Å². The molecule has 1 aromatic rings. The highest BCUT2D eigenvalue weighted by Gasteiger charge is 2.61. The molecule has 2 fully saturated rings. The van der Waals surface area contributed by atoms with E-state index in [1.807, 2.05) is 0 Å². The molecule has 0 bridgehead atoms. The topological polar surface area (TPSA) is 75.4 Å². The fourth-order valence-corrected chi connectivity index (χ4v) is 2.89. The van der Waals surface area contributed by atoms with Gasteiger partial charge in [-0.3, -0.25) is 9.59 Å². The molecule has 6 nitrogen and oxygen atoms in total. The van der Waals surface area contributed by atoms with Gasteiger partial charge in [-0.15, -0.1) is 0 Å². The third-order valence-electron chi connectivity index (χ3n) is 4.07. The third kappa shape index (κ3) is 1.60. The molecule has 1 N–H and O–H groups in total. The second-order valence-corrected chi connectivity index (χ2v) is 5.09. The molecule has 96 valence electrons. The van der Waals surface area contributed by atoms with E-state index in [0.717, 1.165) is 12.8 Å². The molecule has 2 aliphatic rings. The maximum atomic E-state index is 12.1. The number of rotatable bonds is 2. The Morgan fingerprint density at radius 3 is 3.11 bits per heavy atom. The summed E-state index contributed by atoms with van der Waals surface area (Å²) < 4.78 is 4.87. The highest BCUT2D eigenvalue weighted by Crippen LogP contribution is 2.58. The minimum atomic E-state index is -0.132. The second-order valence-electron chi connectivity index (χ2n) is 5.09. The Balaban J connectivity index is 1.67.